The number of alkyl halides is 1. The van der Waals surface area contributed by atoms with Gasteiger partial charge >= 0.3 is 0 Å². The van der Waals surface area contributed by atoms with Gasteiger partial charge in [-0.1, -0.05) is 28.1 Å². The quantitative estimate of drug-likeness (QED) is 0.883. The average Bonchev–Trinajstić information content (AvgIpc) is 2.13. The molecule has 2 unspecified atom stereocenters. The number of benzene rings is 1. The molecule has 2 N–H and O–H groups in total. The van der Waals surface area contributed by atoms with Crippen LogP contribution in [0, 0.1) is 0 Å². The van der Waals surface area contributed by atoms with Crippen molar-refractivity contribution in [1.82, 2.24) is 0 Å². The molecule has 14 heavy (non-hydrogen) atoms. The number of hydrogen-bond acceptors (Lipinski definition) is 1. The summed E-state index contributed by atoms with van der Waals surface area (Å²) in [5.74, 6) is -0.0856. The maximum Gasteiger partial charge on any atom is 0.104 e. The molecule has 78 valence electrons. The summed E-state index contributed by atoms with van der Waals surface area (Å²) in [5.41, 5.74) is 6.48. The Labute approximate surface area is 92.6 Å². The van der Waals surface area contributed by atoms with E-state index in [1.165, 1.54) is 0 Å². The lowest BCUT2D eigenvalue weighted by Crippen LogP contribution is -2.15. The second-order valence-electron chi connectivity index (χ2n) is 3.42. The molecule has 0 saturated heterocycles. The Balaban J connectivity index is 2.87. The molecule has 1 rings (SSSR count). The van der Waals surface area contributed by atoms with Crippen LogP contribution in [0.2, 0.25) is 0 Å². The molecule has 0 aliphatic carbocycles. The van der Waals surface area contributed by atoms with Crippen LogP contribution in [0.25, 0.3) is 0 Å². The molecular weight excluding hydrogens is 245 g/mol. The predicted molar refractivity (Wildman–Crippen MR) is 61.1 cm³/mol. The van der Waals surface area contributed by atoms with Crippen molar-refractivity contribution in [3.05, 3.63) is 34.3 Å². The zero-order valence-electron chi connectivity index (χ0n) is 8.21. The third kappa shape index (κ3) is 3.07. The van der Waals surface area contributed by atoms with E-state index in [9.17, 15) is 4.39 Å². The van der Waals surface area contributed by atoms with Crippen LogP contribution in [0.3, 0.4) is 0 Å². The summed E-state index contributed by atoms with van der Waals surface area (Å²) < 4.78 is 14.3. The van der Waals surface area contributed by atoms with Crippen LogP contribution in [-0.4, -0.2) is 12.7 Å². The first kappa shape index (κ1) is 11.7. The highest BCUT2D eigenvalue weighted by atomic mass is 79.9. The van der Waals surface area contributed by atoms with Crippen molar-refractivity contribution in [1.29, 1.82) is 0 Å². The van der Waals surface area contributed by atoms with Gasteiger partial charge in [0.2, 0.25) is 0 Å². The molecule has 0 amide bonds. The largest absolute Gasteiger partial charge is 0.330 e. The van der Waals surface area contributed by atoms with E-state index in [0.29, 0.717) is 13.0 Å². The van der Waals surface area contributed by atoms with Crippen molar-refractivity contribution in [3.8, 4) is 0 Å². The van der Waals surface area contributed by atoms with Gasteiger partial charge in [0, 0.05) is 10.4 Å². The fourth-order valence-electron chi connectivity index (χ4n) is 1.58. The van der Waals surface area contributed by atoms with Crippen LogP contribution in [0.1, 0.15) is 24.8 Å². The smallest absolute Gasteiger partial charge is 0.104 e. The summed E-state index contributed by atoms with van der Waals surface area (Å²) in [6.07, 6.45) is -0.165. The van der Waals surface area contributed by atoms with Crippen LogP contribution < -0.4 is 5.73 Å². The number of hydrogen-bond donors (Lipinski definition) is 1. The molecule has 0 aliphatic heterocycles. The number of rotatable bonds is 4. The fourth-order valence-corrected chi connectivity index (χ4v) is 2.00. The van der Waals surface area contributed by atoms with E-state index in [1.54, 1.807) is 6.92 Å². The third-order valence-electron chi connectivity index (χ3n) is 2.31. The van der Waals surface area contributed by atoms with Crippen molar-refractivity contribution in [2.45, 2.75) is 25.4 Å². The van der Waals surface area contributed by atoms with E-state index in [-0.39, 0.29) is 5.92 Å². The molecule has 0 fully saturated rings. The molecule has 0 saturated carbocycles. The maximum absolute atomic E-state index is 13.3. The first-order valence-electron chi connectivity index (χ1n) is 4.74. The molecule has 3 heteroatoms. The monoisotopic (exact) mass is 259 g/mol. The van der Waals surface area contributed by atoms with E-state index in [1.807, 2.05) is 24.3 Å². The molecule has 0 bridgehead atoms. The van der Waals surface area contributed by atoms with Crippen LogP contribution >= 0.6 is 15.9 Å². The van der Waals surface area contributed by atoms with Gasteiger partial charge in [0.05, 0.1) is 0 Å². The van der Waals surface area contributed by atoms with Crippen LogP contribution in [0.4, 0.5) is 4.39 Å². The van der Waals surface area contributed by atoms with E-state index in [0.717, 1.165) is 10.0 Å². The van der Waals surface area contributed by atoms with E-state index < -0.39 is 6.17 Å². The van der Waals surface area contributed by atoms with Gasteiger partial charge in [0.25, 0.3) is 0 Å². The van der Waals surface area contributed by atoms with Crippen molar-refractivity contribution >= 4 is 15.9 Å². The molecule has 0 aliphatic rings. The van der Waals surface area contributed by atoms with Gasteiger partial charge < -0.3 is 5.73 Å². The number of nitrogens with two attached hydrogens (primary N) is 1. The third-order valence-corrected chi connectivity index (χ3v) is 2.80. The molecule has 1 nitrogen and oxygen atoms in total. The SMILES string of the molecule is CC(F)C(CCN)c1cccc(Br)c1. The predicted octanol–water partition coefficient (Wildman–Crippen LogP) is 3.24. The second kappa shape index (κ2) is 5.47. The summed E-state index contributed by atoms with van der Waals surface area (Å²) in [5, 5.41) is 0. The molecule has 2 atom stereocenters. The minimum absolute atomic E-state index is 0.0856. The zero-order chi connectivity index (χ0) is 10.6. The normalized spacial score (nSPS) is 15.1. The van der Waals surface area contributed by atoms with Crippen LogP contribution in [0.5, 0.6) is 0 Å². The second-order valence-corrected chi connectivity index (χ2v) is 4.33. The molecule has 0 spiro atoms. The Morgan fingerprint density at radius 1 is 1.50 bits per heavy atom. The number of halogens is 2. The minimum atomic E-state index is -0.854. The molecule has 1 aromatic carbocycles. The van der Waals surface area contributed by atoms with Gasteiger partial charge in [-0.15, -0.1) is 0 Å². The Bertz CT molecular complexity index is 288. The van der Waals surface area contributed by atoms with Gasteiger partial charge in [0.15, 0.2) is 0 Å². The Hall–Kier alpha value is -0.410. The summed E-state index contributed by atoms with van der Waals surface area (Å²) in [6.45, 7) is 2.10. The summed E-state index contributed by atoms with van der Waals surface area (Å²) >= 11 is 3.38. The van der Waals surface area contributed by atoms with Gasteiger partial charge in [-0.3, -0.25) is 0 Å². The molecule has 1 aromatic rings. The Kier molecular flexibility index (Phi) is 4.55. The van der Waals surface area contributed by atoms with Crippen LogP contribution in [0.15, 0.2) is 28.7 Å². The van der Waals surface area contributed by atoms with Gasteiger partial charge in [0.1, 0.15) is 6.17 Å². The van der Waals surface area contributed by atoms with Crippen molar-refractivity contribution in [2.75, 3.05) is 6.54 Å². The van der Waals surface area contributed by atoms with Gasteiger partial charge in [-0.25, -0.2) is 4.39 Å². The average molecular weight is 260 g/mol. The van der Waals surface area contributed by atoms with Crippen LogP contribution in [-0.2, 0) is 0 Å². The Morgan fingerprint density at radius 3 is 2.71 bits per heavy atom. The lowest BCUT2D eigenvalue weighted by Gasteiger charge is -2.18. The van der Waals surface area contributed by atoms with E-state index in [4.69, 9.17) is 5.73 Å². The fraction of sp³-hybridized carbons (Fsp3) is 0.455. The van der Waals surface area contributed by atoms with Crippen molar-refractivity contribution in [3.63, 3.8) is 0 Å². The van der Waals surface area contributed by atoms with Crippen molar-refractivity contribution in [2.24, 2.45) is 5.73 Å². The van der Waals surface area contributed by atoms with Gasteiger partial charge in [-0.2, -0.15) is 0 Å². The summed E-state index contributed by atoms with van der Waals surface area (Å²) in [7, 11) is 0. The first-order valence-corrected chi connectivity index (χ1v) is 5.54. The first-order chi connectivity index (χ1) is 6.65. The highest BCUT2D eigenvalue weighted by molar-refractivity contribution is 9.10. The zero-order valence-corrected chi connectivity index (χ0v) is 9.80. The summed E-state index contributed by atoms with van der Waals surface area (Å²) in [4.78, 5) is 0. The van der Waals surface area contributed by atoms with E-state index >= 15 is 0 Å². The topological polar surface area (TPSA) is 26.0 Å². The van der Waals surface area contributed by atoms with E-state index in [2.05, 4.69) is 15.9 Å². The lowest BCUT2D eigenvalue weighted by molar-refractivity contribution is 0.297. The molecular formula is C11H15BrFN. The lowest BCUT2D eigenvalue weighted by atomic mass is 9.92. The highest BCUT2D eigenvalue weighted by Crippen LogP contribution is 2.27. The van der Waals surface area contributed by atoms with Crippen molar-refractivity contribution < 1.29 is 4.39 Å². The standard InChI is InChI=1S/C11H15BrFN/c1-8(13)11(5-6-14)9-3-2-4-10(12)7-9/h2-4,7-8,11H,5-6,14H2,1H3. The summed E-state index contributed by atoms with van der Waals surface area (Å²) in [6, 6.07) is 7.76. The highest BCUT2D eigenvalue weighted by Gasteiger charge is 2.17. The molecule has 0 aromatic heterocycles. The van der Waals surface area contributed by atoms with Gasteiger partial charge in [-0.05, 0) is 37.6 Å². The maximum atomic E-state index is 13.3. The Morgan fingerprint density at radius 2 is 2.21 bits per heavy atom. The molecule has 0 heterocycles. The minimum Gasteiger partial charge on any atom is -0.330 e. The molecule has 0 radical (unpaired) electrons.